The van der Waals surface area contributed by atoms with Crippen LogP contribution in [0.2, 0.25) is 5.02 Å². The summed E-state index contributed by atoms with van der Waals surface area (Å²) in [4.78, 5) is 26.8. The highest BCUT2D eigenvalue weighted by atomic mass is 35.5. The lowest BCUT2D eigenvalue weighted by molar-refractivity contribution is -0.143. The second-order valence-electron chi connectivity index (χ2n) is 10.1. The third-order valence-electron chi connectivity index (χ3n) is 7.38. The van der Waals surface area contributed by atoms with Crippen LogP contribution in [0.1, 0.15) is 23.7 Å². The van der Waals surface area contributed by atoms with E-state index < -0.39 is 39.8 Å². The molecule has 6 rings (SSSR count). The lowest BCUT2D eigenvalue weighted by Crippen LogP contribution is -2.48. The van der Waals surface area contributed by atoms with E-state index in [0.29, 0.717) is 22.1 Å². The van der Waals surface area contributed by atoms with Crippen molar-refractivity contribution in [3.8, 4) is 22.6 Å². The first-order valence-electron chi connectivity index (χ1n) is 13.2. The fraction of sp³-hybridized carbons (Fsp3) is 0.129. The number of ether oxygens (including phenoxy) is 1. The lowest BCUT2D eigenvalue weighted by Gasteiger charge is -2.28. The zero-order chi connectivity index (χ0) is 30.2. The van der Waals surface area contributed by atoms with Crippen LogP contribution in [0.15, 0.2) is 117 Å². The third-order valence-corrected chi connectivity index (χ3v) is 9.54. The van der Waals surface area contributed by atoms with E-state index >= 15 is 0 Å². The Labute approximate surface area is 251 Å². The van der Waals surface area contributed by atoms with Gasteiger partial charge in [0.25, 0.3) is 0 Å². The molecule has 218 valence electrons. The number of sulfonamides is 1. The minimum Gasteiger partial charge on any atom is -0.480 e. The van der Waals surface area contributed by atoms with Crippen molar-refractivity contribution in [3.63, 3.8) is 0 Å². The van der Waals surface area contributed by atoms with Gasteiger partial charge in [0.05, 0.1) is 11.4 Å². The molecule has 0 radical (unpaired) electrons. The van der Waals surface area contributed by atoms with Gasteiger partial charge in [0.15, 0.2) is 5.82 Å². The molecule has 0 spiro atoms. The van der Waals surface area contributed by atoms with E-state index in [-0.39, 0.29) is 17.1 Å². The number of hydrogen-bond donors (Lipinski definition) is 2. The van der Waals surface area contributed by atoms with Crippen LogP contribution in [-0.4, -0.2) is 39.5 Å². The van der Waals surface area contributed by atoms with Crippen molar-refractivity contribution < 1.29 is 27.6 Å². The summed E-state index contributed by atoms with van der Waals surface area (Å²) in [6.07, 6.45) is -0.0126. The summed E-state index contributed by atoms with van der Waals surface area (Å²) in [6.45, 7) is -0.532. The molecule has 5 aromatic rings. The average molecular weight is 618 g/mol. The van der Waals surface area contributed by atoms with Gasteiger partial charge in [-0.3, -0.25) is 14.3 Å². The Morgan fingerprint density at radius 2 is 1.63 bits per heavy atom. The quantitative estimate of drug-likeness (QED) is 0.204. The Morgan fingerprint density at radius 1 is 0.977 bits per heavy atom. The second-order valence-corrected chi connectivity index (χ2v) is 12.4. The van der Waals surface area contributed by atoms with Crippen LogP contribution in [0.3, 0.4) is 0 Å². The normalized spacial score (nSPS) is 18.0. The van der Waals surface area contributed by atoms with E-state index in [0.717, 1.165) is 15.4 Å². The van der Waals surface area contributed by atoms with E-state index in [1.807, 2.05) is 30.3 Å². The standard InChI is InChI=1S/C31H24ClN3O7S/c32-23-13-9-20(10-14-23)21-11-15-26(16-12-21)43(39,40)35(19-28-33-30(38)42-34-28)31(29(36)37)18-27(31)22-5-4-8-25(17-22)41-24-6-2-1-3-7-24/h1-17,27H,18-19H2,(H,36,37)(H,33,34,38). The molecule has 1 aliphatic rings. The van der Waals surface area contributed by atoms with Crippen LogP contribution in [0.5, 0.6) is 11.5 Å². The average Bonchev–Trinajstić information content (AvgIpc) is 3.63. The molecule has 10 nitrogen and oxygen atoms in total. The monoisotopic (exact) mass is 617 g/mol. The van der Waals surface area contributed by atoms with Crippen LogP contribution in [0, 0.1) is 0 Å². The Hall–Kier alpha value is -4.71. The van der Waals surface area contributed by atoms with Crippen LogP contribution >= 0.6 is 11.6 Å². The van der Waals surface area contributed by atoms with Crippen molar-refractivity contribution >= 4 is 27.6 Å². The predicted molar refractivity (Wildman–Crippen MR) is 157 cm³/mol. The van der Waals surface area contributed by atoms with Gasteiger partial charge in [0.1, 0.15) is 17.0 Å². The molecular formula is C31H24ClN3O7S. The highest BCUT2D eigenvalue weighted by Crippen LogP contribution is 2.58. The smallest absolute Gasteiger partial charge is 0.438 e. The van der Waals surface area contributed by atoms with Gasteiger partial charge in [0.2, 0.25) is 10.0 Å². The Morgan fingerprint density at radius 3 is 2.26 bits per heavy atom. The molecule has 0 aliphatic heterocycles. The molecule has 1 aromatic heterocycles. The van der Waals surface area contributed by atoms with E-state index in [4.69, 9.17) is 16.3 Å². The molecule has 4 aromatic carbocycles. The molecule has 1 heterocycles. The zero-order valence-corrected chi connectivity index (χ0v) is 24.0. The number of carboxylic acids is 1. The van der Waals surface area contributed by atoms with E-state index in [2.05, 4.69) is 14.7 Å². The number of nitrogens with one attached hydrogen (secondary N) is 1. The van der Waals surface area contributed by atoms with E-state index in [1.165, 1.54) is 12.1 Å². The maximum atomic E-state index is 14.2. The number of aliphatic carboxylic acids is 1. The second kappa shape index (κ2) is 11.2. The molecular weight excluding hydrogens is 594 g/mol. The van der Waals surface area contributed by atoms with E-state index in [1.54, 1.807) is 60.7 Å². The number of carboxylic acid groups (broad SMARTS) is 1. The Kier molecular flexibility index (Phi) is 7.38. The molecule has 1 aliphatic carbocycles. The summed E-state index contributed by atoms with van der Waals surface area (Å²) in [5.74, 6) is -1.99. The molecule has 1 fully saturated rings. The largest absolute Gasteiger partial charge is 0.480 e. The van der Waals surface area contributed by atoms with Gasteiger partial charge in [-0.15, -0.1) is 0 Å². The van der Waals surface area contributed by atoms with Gasteiger partial charge in [-0.05, 0) is 71.6 Å². The topological polar surface area (TPSA) is 143 Å². The number of halogens is 1. The number of benzene rings is 4. The van der Waals surface area contributed by atoms with Crippen molar-refractivity contribution in [2.45, 2.75) is 29.3 Å². The summed E-state index contributed by atoms with van der Waals surface area (Å²) in [5.41, 5.74) is 0.292. The number of aromatic amines is 1. The zero-order valence-electron chi connectivity index (χ0n) is 22.4. The number of rotatable bonds is 10. The summed E-state index contributed by atoms with van der Waals surface area (Å²) in [7, 11) is -4.44. The van der Waals surface area contributed by atoms with Gasteiger partial charge in [-0.25, -0.2) is 13.2 Å². The number of aromatic nitrogens is 2. The maximum Gasteiger partial charge on any atom is 0.438 e. The summed E-state index contributed by atoms with van der Waals surface area (Å²) in [5, 5.41) is 14.7. The van der Waals surface area contributed by atoms with Crippen LogP contribution in [0.4, 0.5) is 0 Å². The summed E-state index contributed by atoms with van der Waals surface area (Å²) in [6, 6.07) is 29.2. The van der Waals surface area contributed by atoms with Crippen molar-refractivity contribution in [2.24, 2.45) is 0 Å². The first kappa shape index (κ1) is 28.4. The minimum absolute atomic E-state index is 0.0126. The van der Waals surface area contributed by atoms with Crippen LogP contribution < -0.4 is 10.5 Å². The molecule has 2 unspecified atom stereocenters. The van der Waals surface area contributed by atoms with Crippen molar-refractivity contribution in [1.29, 1.82) is 0 Å². The summed E-state index contributed by atoms with van der Waals surface area (Å²) >= 11 is 5.99. The number of H-pyrrole nitrogens is 1. The van der Waals surface area contributed by atoms with Gasteiger partial charge >= 0.3 is 11.7 Å². The minimum atomic E-state index is -4.44. The highest BCUT2D eigenvalue weighted by Gasteiger charge is 2.68. The molecule has 1 saturated carbocycles. The first-order valence-corrected chi connectivity index (χ1v) is 15.0. The van der Waals surface area contributed by atoms with Gasteiger partial charge < -0.3 is 9.84 Å². The lowest BCUT2D eigenvalue weighted by atomic mass is 10.1. The van der Waals surface area contributed by atoms with Crippen molar-refractivity contribution in [1.82, 2.24) is 14.4 Å². The fourth-order valence-corrected chi connectivity index (χ4v) is 7.04. The predicted octanol–water partition coefficient (Wildman–Crippen LogP) is 5.68. The third kappa shape index (κ3) is 5.57. The van der Waals surface area contributed by atoms with E-state index in [9.17, 15) is 23.1 Å². The molecule has 0 amide bonds. The first-order chi connectivity index (χ1) is 20.7. The number of hydrogen-bond acceptors (Lipinski definition) is 7. The molecule has 2 N–H and O–H groups in total. The molecule has 43 heavy (non-hydrogen) atoms. The van der Waals surface area contributed by atoms with Gasteiger partial charge in [-0.2, -0.15) is 4.31 Å². The highest BCUT2D eigenvalue weighted by molar-refractivity contribution is 7.89. The molecule has 0 saturated heterocycles. The maximum absolute atomic E-state index is 14.2. The van der Waals surface area contributed by atoms with Gasteiger partial charge in [-0.1, -0.05) is 71.4 Å². The number of carbonyl (C=O) groups is 1. The fourth-order valence-electron chi connectivity index (χ4n) is 5.18. The molecule has 12 heteroatoms. The Bertz CT molecular complexity index is 1940. The van der Waals surface area contributed by atoms with Crippen LogP contribution in [-0.2, 0) is 21.4 Å². The van der Waals surface area contributed by atoms with Crippen LogP contribution in [0.25, 0.3) is 11.1 Å². The Balaban J connectivity index is 1.37. The molecule has 2 atom stereocenters. The van der Waals surface area contributed by atoms with Gasteiger partial charge in [0, 0.05) is 10.9 Å². The SMILES string of the molecule is O=C(O)C1(N(Cc2noc(=O)[nH]2)S(=O)(=O)c2ccc(-c3ccc(Cl)cc3)cc2)CC1c1cccc(Oc2ccccc2)c1. The summed E-state index contributed by atoms with van der Waals surface area (Å²) < 4.78 is 39.7. The number of nitrogens with zero attached hydrogens (tertiary/aromatic N) is 2. The van der Waals surface area contributed by atoms with Crippen molar-refractivity contribution in [3.05, 3.63) is 130 Å². The van der Waals surface area contributed by atoms with Crippen molar-refractivity contribution in [2.75, 3.05) is 0 Å². The number of para-hydroxylation sites is 1. The molecule has 0 bridgehead atoms.